The molecule has 0 aromatic heterocycles. The average Bonchev–Trinajstić information content (AvgIpc) is 2.66. The van der Waals surface area contributed by atoms with E-state index in [0.717, 1.165) is 39.0 Å². The van der Waals surface area contributed by atoms with Gasteiger partial charge in [-0.15, -0.1) is 0 Å². The molecule has 0 aliphatic heterocycles. The summed E-state index contributed by atoms with van der Waals surface area (Å²) in [6.45, 7) is 7.84. The van der Waals surface area contributed by atoms with Gasteiger partial charge in [0.05, 0.1) is 6.21 Å². The lowest BCUT2D eigenvalue weighted by Gasteiger charge is -2.15. The molecule has 0 saturated heterocycles. The van der Waals surface area contributed by atoms with Gasteiger partial charge in [-0.25, -0.2) is 5.43 Å². The third-order valence-electron chi connectivity index (χ3n) is 4.32. The van der Waals surface area contributed by atoms with Gasteiger partial charge in [0, 0.05) is 27.5 Å². The van der Waals surface area contributed by atoms with E-state index in [4.69, 9.17) is 0 Å². The molecular formula is C21H25BrN4O2. The van der Waals surface area contributed by atoms with E-state index in [2.05, 4.69) is 37.1 Å². The molecule has 0 aliphatic rings. The summed E-state index contributed by atoms with van der Waals surface area (Å²) in [4.78, 5) is 23.6. The van der Waals surface area contributed by atoms with Crippen molar-refractivity contribution in [1.82, 2.24) is 10.7 Å². The first-order valence-electron chi connectivity index (χ1n) is 9.08. The van der Waals surface area contributed by atoms with Crippen molar-refractivity contribution in [1.29, 1.82) is 0 Å². The van der Waals surface area contributed by atoms with E-state index in [1.54, 1.807) is 0 Å². The normalized spacial score (nSPS) is 11.9. The Morgan fingerprint density at radius 3 is 2.46 bits per heavy atom. The van der Waals surface area contributed by atoms with Gasteiger partial charge < -0.3 is 10.6 Å². The van der Waals surface area contributed by atoms with E-state index in [1.165, 1.54) is 6.21 Å². The maximum atomic E-state index is 11.9. The third kappa shape index (κ3) is 5.92. The van der Waals surface area contributed by atoms with Gasteiger partial charge in [0.2, 0.25) is 0 Å². The molecule has 7 heteroatoms. The number of amides is 2. The Balaban J connectivity index is 2.15. The molecule has 0 radical (unpaired) electrons. The van der Waals surface area contributed by atoms with E-state index < -0.39 is 11.8 Å². The number of anilines is 2. The van der Waals surface area contributed by atoms with Crippen molar-refractivity contribution in [3.8, 4) is 0 Å². The number of aryl methyl sites for hydroxylation is 2. The van der Waals surface area contributed by atoms with Gasteiger partial charge in [-0.05, 0) is 56.5 Å². The Labute approximate surface area is 173 Å². The number of rotatable bonds is 6. The summed E-state index contributed by atoms with van der Waals surface area (Å²) in [5, 5.41) is 9.96. The smallest absolute Gasteiger partial charge is 0.329 e. The number of para-hydroxylation sites is 1. The van der Waals surface area contributed by atoms with Crippen molar-refractivity contribution in [2.75, 3.05) is 5.32 Å². The number of carbonyl (C=O) groups is 2. The summed E-state index contributed by atoms with van der Waals surface area (Å²) in [5.41, 5.74) is 7.14. The van der Waals surface area contributed by atoms with Crippen LogP contribution in [0.4, 0.5) is 11.4 Å². The van der Waals surface area contributed by atoms with Crippen LogP contribution >= 0.6 is 15.9 Å². The molecule has 0 saturated carbocycles. The van der Waals surface area contributed by atoms with Crippen LogP contribution in [0.15, 0.2) is 46.0 Å². The topological polar surface area (TPSA) is 82.6 Å². The standard InChI is InChI=1S/C21H25BrN4O2/c1-5-15(4)24-20(27)21(28)26-23-12-16-11-17(22)9-10-18(16)25-19-13(2)7-6-8-14(19)3/h6-12,15,25H,5H2,1-4H3,(H,24,27)(H,26,28)/b23-12-/t15-/m0/s1. The molecule has 0 heterocycles. The van der Waals surface area contributed by atoms with Gasteiger partial charge >= 0.3 is 11.8 Å². The van der Waals surface area contributed by atoms with Crippen molar-refractivity contribution < 1.29 is 9.59 Å². The second-order valence-corrected chi connectivity index (χ2v) is 7.52. The third-order valence-corrected chi connectivity index (χ3v) is 4.81. The van der Waals surface area contributed by atoms with Crippen LogP contribution in [-0.2, 0) is 9.59 Å². The highest BCUT2D eigenvalue weighted by molar-refractivity contribution is 9.10. The van der Waals surface area contributed by atoms with Crippen molar-refractivity contribution >= 4 is 45.3 Å². The quantitative estimate of drug-likeness (QED) is 0.355. The molecular weight excluding hydrogens is 420 g/mol. The first-order valence-corrected chi connectivity index (χ1v) is 9.87. The van der Waals surface area contributed by atoms with E-state index in [9.17, 15) is 9.59 Å². The number of halogens is 1. The molecule has 2 amide bonds. The average molecular weight is 445 g/mol. The Hall–Kier alpha value is -2.67. The first-order chi connectivity index (χ1) is 13.3. The maximum absolute atomic E-state index is 11.9. The Kier molecular flexibility index (Phi) is 7.75. The largest absolute Gasteiger partial charge is 0.355 e. The number of nitrogens with one attached hydrogen (secondary N) is 3. The van der Waals surface area contributed by atoms with Crippen LogP contribution in [0.3, 0.4) is 0 Å². The highest BCUT2D eigenvalue weighted by atomic mass is 79.9. The minimum absolute atomic E-state index is 0.0690. The molecule has 28 heavy (non-hydrogen) atoms. The molecule has 0 bridgehead atoms. The van der Waals surface area contributed by atoms with Gasteiger partial charge in [-0.2, -0.15) is 5.10 Å². The van der Waals surface area contributed by atoms with Crippen molar-refractivity contribution in [2.24, 2.45) is 5.10 Å². The molecule has 0 unspecified atom stereocenters. The Bertz CT molecular complexity index is 876. The molecule has 2 aromatic carbocycles. The zero-order valence-electron chi connectivity index (χ0n) is 16.5. The number of benzene rings is 2. The highest BCUT2D eigenvalue weighted by Gasteiger charge is 2.14. The Morgan fingerprint density at radius 1 is 1.14 bits per heavy atom. The Morgan fingerprint density at radius 2 is 1.82 bits per heavy atom. The molecule has 1 atom stereocenters. The van der Waals surface area contributed by atoms with Crippen LogP contribution in [0, 0.1) is 13.8 Å². The summed E-state index contributed by atoms with van der Waals surface area (Å²) < 4.78 is 0.877. The van der Waals surface area contributed by atoms with Crippen LogP contribution in [-0.4, -0.2) is 24.1 Å². The lowest BCUT2D eigenvalue weighted by molar-refractivity contribution is -0.139. The number of hydrazone groups is 1. The number of carbonyl (C=O) groups excluding carboxylic acids is 2. The van der Waals surface area contributed by atoms with Gasteiger partial charge in [0.15, 0.2) is 0 Å². The van der Waals surface area contributed by atoms with E-state index in [1.807, 2.05) is 64.1 Å². The van der Waals surface area contributed by atoms with Gasteiger partial charge in [-0.3, -0.25) is 9.59 Å². The first kappa shape index (κ1) is 21.6. The van der Waals surface area contributed by atoms with Crippen LogP contribution in [0.1, 0.15) is 37.0 Å². The lowest BCUT2D eigenvalue weighted by atomic mass is 10.1. The second kappa shape index (κ2) is 10.0. The molecule has 6 nitrogen and oxygen atoms in total. The molecule has 3 N–H and O–H groups in total. The van der Waals surface area contributed by atoms with E-state index >= 15 is 0 Å². The number of nitrogens with zero attached hydrogens (tertiary/aromatic N) is 1. The van der Waals surface area contributed by atoms with Gasteiger partial charge in [0.1, 0.15) is 0 Å². The van der Waals surface area contributed by atoms with Crippen LogP contribution in [0.25, 0.3) is 0 Å². The highest BCUT2D eigenvalue weighted by Crippen LogP contribution is 2.27. The van der Waals surface area contributed by atoms with Crippen LogP contribution < -0.4 is 16.1 Å². The molecule has 2 aromatic rings. The maximum Gasteiger partial charge on any atom is 0.329 e. The zero-order chi connectivity index (χ0) is 20.7. The van der Waals surface area contributed by atoms with Crippen molar-refractivity contribution in [3.05, 3.63) is 57.6 Å². The van der Waals surface area contributed by atoms with Crippen LogP contribution in [0.5, 0.6) is 0 Å². The number of hydrogen-bond acceptors (Lipinski definition) is 4. The molecule has 2 rings (SSSR count). The van der Waals surface area contributed by atoms with E-state index in [-0.39, 0.29) is 6.04 Å². The molecule has 0 spiro atoms. The molecule has 0 aliphatic carbocycles. The van der Waals surface area contributed by atoms with Gasteiger partial charge in [-0.1, -0.05) is 41.1 Å². The fourth-order valence-corrected chi connectivity index (χ4v) is 2.88. The monoisotopic (exact) mass is 444 g/mol. The minimum atomic E-state index is -0.796. The SMILES string of the molecule is CC[C@H](C)NC(=O)C(=O)N/N=C\c1cc(Br)ccc1Nc1c(C)cccc1C. The predicted molar refractivity (Wildman–Crippen MR) is 117 cm³/mol. The fourth-order valence-electron chi connectivity index (χ4n) is 2.50. The summed E-state index contributed by atoms with van der Waals surface area (Å²) in [6, 6.07) is 11.8. The fraction of sp³-hybridized carbons (Fsp3) is 0.286. The summed E-state index contributed by atoms with van der Waals surface area (Å²) in [5.74, 6) is -1.49. The van der Waals surface area contributed by atoms with E-state index in [0.29, 0.717) is 0 Å². The number of hydrogen-bond donors (Lipinski definition) is 3. The van der Waals surface area contributed by atoms with Crippen LogP contribution in [0.2, 0.25) is 0 Å². The van der Waals surface area contributed by atoms with Crippen molar-refractivity contribution in [2.45, 2.75) is 40.2 Å². The lowest BCUT2D eigenvalue weighted by Crippen LogP contribution is -2.41. The zero-order valence-corrected chi connectivity index (χ0v) is 18.1. The summed E-state index contributed by atoms with van der Waals surface area (Å²) in [6.07, 6.45) is 2.25. The predicted octanol–water partition coefficient (Wildman–Crippen LogP) is 4.17. The minimum Gasteiger partial charge on any atom is -0.355 e. The second-order valence-electron chi connectivity index (χ2n) is 6.61. The summed E-state index contributed by atoms with van der Waals surface area (Å²) in [7, 11) is 0. The summed E-state index contributed by atoms with van der Waals surface area (Å²) >= 11 is 3.45. The molecule has 148 valence electrons. The van der Waals surface area contributed by atoms with Crippen molar-refractivity contribution in [3.63, 3.8) is 0 Å². The van der Waals surface area contributed by atoms with Gasteiger partial charge in [0.25, 0.3) is 0 Å². The molecule has 0 fully saturated rings.